The Balaban J connectivity index is 1.56. The summed E-state index contributed by atoms with van der Waals surface area (Å²) in [6, 6.07) is 3.71. The lowest BCUT2D eigenvalue weighted by molar-refractivity contribution is -0.122. The second kappa shape index (κ2) is 11.3. The van der Waals surface area contributed by atoms with Crippen LogP contribution in [0.1, 0.15) is 71.7 Å². The van der Waals surface area contributed by atoms with E-state index in [1.54, 1.807) is 6.20 Å². The summed E-state index contributed by atoms with van der Waals surface area (Å²) in [4.78, 5) is 32.1. The van der Waals surface area contributed by atoms with Gasteiger partial charge in [-0.05, 0) is 57.0 Å². The van der Waals surface area contributed by atoms with Crippen LogP contribution < -0.4 is 15.1 Å². The molecule has 0 aromatic carbocycles. The summed E-state index contributed by atoms with van der Waals surface area (Å²) in [5.41, 5.74) is -0.0318. The molecule has 5 rings (SSSR count). The van der Waals surface area contributed by atoms with Crippen LogP contribution in [-0.2, 0) is 26.0 Å². The molecule has 0 bridgehead atoms. The van der Waals surface area contributed by atoms with Gasteiger partial charge in [-0.2, -0.15) is 13.2 Å². The van der Waals surface area contributed by atoms with Crippen LogP contribution in [0.2, 0.25) is 18.1 Å². The van der Waals surface area contributed by atoms with Crippen molar-refractivity contribution in [3.8, 4) is 0 Å². The monoisotopic (exact) mass is 620 g/mol. The first-order chi connectivity index (χ1) is 20.0. The predicted molar refractivity (Wildman–Crippen MR) is 162 cm³/mol. The third-order valence-corrected chi connectivity index (χ3v) is 13.7. The highest BCUT2D eigenvalue weighted by Crippen LogP contribution is 2.55. The Morgan fingerprint density at radius 1 is 1.09 bits per heavy atom. The molecule has 1 aliphatic carbocycles. The second-order valence-electron chi connectivity index (χ2n) is 13.7. The normalized spacial score (nSPS) is 22.4. The largest absolute Gasteiger partial charge is 0.409 e. The van der Waals surface area contributed by atoms with Gasteiger partial charge in [-0.15, -0.1) is 0 Å². The molecule has 0 unspecified atom stereocenters. The number of nitrogens with zero attached hydrogens (tertiary/aromatic N) is 5. The summed E-state index contributed by atoms with van der Waals surface area (Å²) in [6.45, 7) is 14.7. The van der Waals surface area contributed by atoms with Crippen molar-refractivity contribution < 1.29 is 27.1 Å². The minimum Gasteiger partial charge on any atom is -0.409 e. The van der Waals surface area contributed by atoms with Gasteiger partial charge in [0.2, 0.25) is 5.91 Å². The summed E-state index contributed by atoms with van der Waals surface area (Å²) in [5, 5.41) is 2.44. The van der Waals surface area contributed by atoms with Crippen LogP contribution in [0.4, 0.5) is 36.3 Å². The highest BCUT2D eigenvalue weighted by Gasteiger charge is 2.56. The Kier molecular flexibility index (Phi) is 8.32. The average molecular weight is 621 g/mol. The number of ether oxygens (including phenoxy) is 1. The number of alkyl halides is 3. The fourth-order valence-electron chi connectivity index (χ4n) is 6.10. The molecule has 1 saturated carbocycles. The van der Waals surface area contributed by atoms with E-state index in [9.17, 15) is 18.0 Å². The lowest BCUT2D eigenvalue weighted by Gasteiger charge is -2.36. The van der Waals surface area contributed by atoms with E-state index in [2.05, 4.69) is 49.1 Å². The molecule has 2 aromatic heterocycles. The van der Waals surface area contributed by atoms with Crippen molar-refractivity contribution in [1.29, 1.82) is 0 Å². The number of hydrogen-bond donors (Lipinski definition) is 1. The van der Waals surface area contributed by atoms with Crippen LogP contribution >= 0.6 is 0 Å². The number of pyridine rings is 1. The third-order valence-electron chi connectivity index (χ3n) is 9.25. The summed E-state index contributed by atoms with van der Waals surface area (Å²) < 4.78 is 52.5. The average Bonchev–Trinajstić information content (AvgIpc) is 3.49. The molecule has 2 aromatic rings. The third kappa shape index (κ3) is 6.25. The van der Waals surface area contributed by atoms with Gasteiger partial charge in [0.25, 0.3) is 0 Å². The topological polar surface area (TPSA) is 92.7 Å². The molecule has 1 N–H and O–H groups in total. The fraction of sp³-hybridized carbons (Fsp3) is 0.667. The first kappa shape index (κ1) is 31.6. The molecule has 236 valence electrons. The van der Waals surface area contributed by atoms with Crippen molar-refractivity contribution in [3.05, 3.63) is 29.7 Å². The summed E-state index contributed by atoms with van der Waals surface area (Å²) >= 11 is 0. The van der Waals surface area contributed by atoms with E-state index in [1.165, 1.54) is 4.90 Å². The number of anilines is 4. The second-order valence-corrected chi connectivity index (χ2v) is 18.5. The minimum atomic E-state index is -4.46. The van der Waals surface area contributed by atoms with Gasteiger partial charge in [-0.25, -0.2) is 15.0 Å². The van der Waals surface area contributed by atoms with Gasteiger partial charge >= 0.3 is 6.18 Å². The van der Waals surface area contributed by atoms with E-state index < -0.39 is 26.5 Å². The Morgan fingerprint density at radius 2 is 1.74 bits per heavy atom. The number of fused-ring (bicyclic) bond motifs is 2. The molecule has 1 amide bonds. The predicted octanol–water partition coefficient (Wildman–Crippen LogP) is 6.47. The van der Waals surface area contributed by atoms with Crippen molar-refractivity contribution in [2.75, 3.05) is 34.8 Å². The molecule has 2 fully saturated rings. The first-order valence-electron chi connectivity index (χ1n) is 15.1. The van der Waals surface area contributed by atoms with Crippen LogP contribution in [0, 0.1) is 0 Å². The Labute approximate surface area is 252 Å². The zero-order valence-corrected chi connectivity index (χ0v) is 27.1. The molecular weight excluding hydrogens is 577 g/mol. The van der Waals surface area contributed by atoms with Crippen molar-refractivity contribution in [2.45, 2.75) is 109 Å². The number of amides is 1. The molecule has 43 heavy (non-hydrogen) atoms. The van der Waals surface area contributed by atoms with Crippen molar-refractivity contribution in [2.24, 2.45) is 0 Å². The number of hydrogen-bond acceptors (Lipinski definition) is 8. The van der Waals surface area contributed by atoms with E-state index in [4.69, 9.17) is 19.1 Å². The summed E-state index contributed by atoms with van der Waals surface area (Å²) in [5.74, 6) is 1.17. The molecule has 3 aliphatic rings. The van der Waals surface area contributed by atoms with Gasteiger partial charge < -0.3 is 19.4 Å². The molecule has 2 aliphatic heterocycles. The number of halogens is 3. The lowest BCUT2D eigenvalue weighted by Crippen LogP contribution is -2.45. The highest BCUT2D eigenvalue weighted by molar-refractivity contribution is 6.74. The quantitative estimate of drug-likeness (QED) is 0.352. The highest BCUT2D eigenvalue weighted by atomic mass is 28.4. The van der Waals surface area contributed by atoms with Gasteiger partial charge in [0.15, 0.2) is 14.1 Å². The number of aromatic nitrogens is 3. The number of rotatable bonds is 7. The van der Waals surface area contributed by atoms with Crippen LogP contribution in [0.25, 0.3) is 0 Å². The minimum absolute atomic E-state index is 0.0318. The molecular formula is C30H43F3N6O3Si. The van der Waals surface area contributed by atoms with Crippen molar-refractivity contribution >= 4 is 37.4 Å². The number of nitrogens with one attached hydrogen (secondary N) is 1. The SMILES string of the molecule is C[C@@H]1CN(c2ccc(N3C(=O)C4(CCCC4)c4c(NCC(F)(F)F)nc(CO[Si](C)(C)C(C)(C)C)nc43)cn2)C[C@H](C)O1. The maximum Gasteiger partial charge on any atom is 0.405 e. The molecule has 13 heteroatoms. The number of carbonyl (C=O) groups excluding carboxylic acids is 1. The van der Waals surface area contributed by atoms with Crippen LogP contribution in [0.15, 0.2) is 18.3 Å². The van der Waals surface area contributed by atoms with Crippen LogP contribution in [0.5, 0.6) is 0 Å². The maximum absolute atomic E-state index is 14.3. The van der Waals surface area contributed by atoms with Gasteiger partial charge in [-0.3, -0.25) is 9.69 Å². The van der Waals surface area contributed by atoms with Crippen LogP contribution in [0.3, 0.4) is 0 Å². The van der Waals surface area contributed by atoms with E-state index in [0.717, 1.165) is 18.7 Å². The Hall–Kier alpha value is -2.77. The van der Waals surface area contributed by atoms with E-state index in [-0.39, 0.29) is 41.4 Å². The maximum atomic E-state index is 14.3. The van der Waals surface area contributed by atoms with Gasteiger partial charge in [0, 0.05) is 13.1 Å². The Morgan fingerprint density at radius 3 is 2.30 bits per heavy atom. The number of morpholine rings is 1. The van der Waals surface area contributed by atoms with Gasteiger partial charge in [0.1, 0.15) is 24.0 Å². The smallest absolute Gasteiger partial charge is 0.405 e. The van der Waals surface area contributed by atoms with E-state index >= 15 is 0 Å². The zero-order chi connectivity index (χ0) is 31.4. The van der Waals surface area contributed by atoms with Crippen molar-refractivity contribution in [3.63, 3.8) is 0 Å². The van der Waals surface area contributed by atoms with Crippen molar-refractivity contribution in [1.82, 2.24) is 15.0 Å². The first-order valence-corrected chi connectivity index (χ1v) is 18.0. The molecule has 0 radical (unpaired) electrons. The zero-order valence-electron chi connectivity index (χ0n) is 26.1. The van der Waals surface area contributed by atoms with Crippen LogP contribution in [-0.4, -0.2) is 67.2 Å². The fourth-order valence-corrected chi connectivity index (χ4v) is 7.02. The lowest BCUT2D eigenvalue weighted by atomic mass is 9.80. The molecule has 4 heterocycles. The van der Waals surface area contributed by atoms with E-state index in [1.807, 2.05) is 26.0 Å². The molecule has 1 saturated heterocycles. The van der Waals surface area contributed by atoms with Gasteiger partial charge in [0.05, 0.1) is 41.7 Å². The molecule has 9 nitrogen and oxygen atoms in total. The molecule has 2 atom stereocenters. The summed E-state index contributed by atoms with van der Waals surface area (Å²) in [6.07, 6.45) is -0.0715. The number of carbonyl (C=O) groups is 1. The van der Waals surface area contributed by atoms with Gasteiger partial charge in [-0.1, -0.05) is 33.6 Å². The standard InChI is InChI=1S/C30H43F3N6O3Si/c1-19-15-38(16-20(2)42-19)23-11-10-21(14-34-23)39-26-24(29(27(39)40)12-8-9-13-29)25(35-18-30(31,32)33)36-22(37-26)17-41-43(6,7)28(3,4)5/h10-11,14,19-20H,8-9,12-13,15-18H2,1-7H3,(H,35,36,37)/t19-,20+. The Bertz CT molecular complexity index is 1330. The molecule has 1 spiro atoms. The summed E-state index contributed by atoms with van der Waals surface area (Å²) in [7, 11) is -2.22. The van der Waals surface area contributed by atoms with E-state index in [0.29, 0.717) is 43.0 Å².